The van der Waals surface area contributed by atoms with Crippen LogP contribution in [0.1, 0.15) is 18.9 Å². The second-order valence-corrected chi connectivity index (χ2v) is 13.0. The molecular weight excluding hydrogens is 605 g/mol. The summed E-state index contributed by atoms with van der Waals surface area (Å²) in [7, 11) is 0. The molecule has 9 rings (SSSR count). The second-order valence-electron chi connectivity index (χ2n) is 13.0. The van der Waals surface area contributed by atoms with Gasteiger partial charge in [-0.2, -0.15) is 0 Å². The minimum Gasteiger partial charge on any atom is -0.292 e. The Morgan fingerprint density at radius 1 is 0.440 bits per heavy atom. The molecular formula is C48H36N2. The van der Waals surface area contributed by atoms with E-state index >= 15 is 0 Å². The average molecular weight is 641 g/mol. The lowest BCUT2D eigenvalue weighted by molar-refractivity contribution is 0.924. The Morgan fingerprint density at radius 3 is 1.58 bits per heavy atom. The molecule has 0 N–H and O–H groups in total. The van der Waals surface area contributed by atoms with E-state index in [1.165, 1.54) is 54.9 Å². The van der Waals surface area contributed by atoms with Gasteiger partial charge >= 0.3 is 0 Å². The smallest absolute Gasteiger partial charge is 0.145 e. The van der Waals surface area contributed by atoms with Crippen molar-refractivity contribution in [2.45, 2.75) is 19.8 Å². The summed E-state index contributed by atoms with van der Waals surface area (Å²) in [4.78, 5) is 5.25. The van der Waals surface area contributed by atoms with Crippen LogP contribution in [0.2, 0.25) is 0 Å². The third-order valence-corrected chi connectivity index (χ3v) is 9.88. The Morgan fingerprint density at radius 2 is 0.960 bits per heavy atom. The molecule has 0 unspecified atom stereocenters. The van der Waals surface area contributed by atoms with E-state index in [0.29, 0.717) is 0 Å². The molecule has 0 amide bonds. The van der Waals surface area contributed by atoms with Crippen molar-refractivity contribution < 1.29 is 0 Å². The fourth-order valence-corrected chi connectivity index (χ4v) is 7.61. The van der Waals surface area contributed by atoms with E-state index in [-0.39, 0.29) is 0 Å². The van der Waals surface area contributed by atoms with Gasteiger partial charge in [0, 0.05) is 11.3 Å². The average Bonchev–Trinajstić information content (AvgIpc) is 3.57. The molecule has 0 saturated carbocycles. The lowest BCUT2D eigenvalue weighted by Crippen LogP contribution is -1.97. The molecule has 0 spiro atoms. The van der Waals surface area contributed by atoms with Crippen molar-refractivity contribution in [3.8, 4) is 50.5 Å². The maximum Gasteiger partial charge on any atom is 0.145 e. The van der Waals surface area contributed by atoms with Gasteiger partial charge in [-0.15, -0.1) is 0 Å². The first kappa shape index (κ1) is 29.9. The number of aromatic nitrogens is 2. The number of rotatable bonds is 7. The van der Waals surface area contributed by atoms with E-state index in [2.05, 4.69) is 187 Å². The molecule has 9 aromatic rings. The van der Waals surface area contributed by atoms with Gasteiger partial charge in [-0.1, -0.05) is 159 Å². The molecule has 0 atom stereocenters. The van der Waals surface area contributed by atoms with Crippen LogP contribution >= 0.6 is 0 Å². The topological polar surface area (TPSA) is 17.8 Å². The summed E-state index contributed by atoms with van der Waals surface area (Å²) in [6, 6.07) is 63.7. The Labute approximate surface area is 292 Å². The standard InChI is InChI=1S/C48H36N2/c1-2-15-33-24-27-40-42(30-33)46(34-16-7-3-8-17-34)41-28-25-37(31-43(41)47(40)35-18-9-4-10-19-35)38-26-29-45-44(32-38)49-48(36-20-11-5-12-21-36)50(45)39-22-13-6-14-23-39/h3-14,16-32H,2,15H2,1H3. The molecule has 8 aromatic carbocycles. The largest absolute Gasteiger partial charge is 0.292 e. The van der Waals surface area contributed by atoms with Crippen LogP contribution in [0.5, 0.6) is 0 Å². The Balaban J connectivity index is 1.30. The molecule has 0 saturated heterocycles. The van der Waals surface area contributed by atoms with Crippen molar-refractivity contribution in [3.05, 3.63) is 181 Å². The number of para-hydroxylation sites is 1. The summed E-state index contributed by atoms with van der Waals surface area (Å²) in [5, 5.41) is 5.11. The molecule has 0 aliphatic heterocycles. The number of hydrogen-bond donors (Lipinski definition) is 0. The Kier molecular flexibility index (Phi) is 7.55. The van der Waals surface area contributed by atoms with Crippen molar-refractivity contribution in [3.63, 3.8) is 0 Å². The molecule has 0 aliphatic rings. The molecule has 2 heteroatoms. The van der Waals surface area contributed by atoms with Gasteiger partial charge < -0.3 is 0 Å². The Bertz CT molecular complexity index is 2620. The number of aryl methyl sites for hydroxylation is 1. The van der Waals surface area contributed by atoms with E-state index in [9.17, 15) is 0 Å². The molecule has 0 bridgehead atoms. The fourth-order valence-electron chi connectivity index (χ4n) is 7.61. The van der Waals surface area contributed by atoms with Crippen molar-refractivity contribution in [1.29, 1.82) is 0 Å². The monoisotopic (exact) mass is 640 g/mol. The summed E-state index contributed by atoms with van der Waals surface area (Å²) >= 11 is 0. The van der Waals surface area contributed by atoms with Crippen molar-refractivity contribution >= 4 is 32.6 Å². The number of nitrogens with zero attached hydrogens (tertiary/aromatic N) is 2. The van der Waals surface area contributed by atoms with Crippen LogP contribution < -0.4 is 0 Å². The molecule has 238 valence electrons. The van der Waals surface area contributed by atoms with E-state index in [1.807, 2.05) is 0 Å². The maximum atomic E-state index is 5.25. The van der Waals surface area contributed by atoms with Crippen molar-refractivity contribution in [2.75, 3.05) is 0 Å². The summed E-state index contributed by atoms with van der Waals surface area (Å²) in [5.41, 5.74) is 13.0. The highest BCUT2D eigenvalue weighted by Gasteiger charge is 2.19. The summed E-state index contributed by atoms with van der Waals surface area (Å²) < 4.78 is 2.27. The first-order chi connectivity index (χ1) is 24.8. The highest BCUT2D eigenvalue weighted by molar-refractivity contribution is 6.22. The molecule has 0 fully saturated rings. The maximum absolute atomic E-state index is 5.25. The van der Waals surface area contributed by atoms with Gasteiger partial charge in [0.05, 0.1) is 11.0 Å². The normalized spacial score (nSPS) is 11.5. The Hall–Kier alpha value is -6.25. The molecule has 1 aromatic heterocycles. The van der Waals surface area contributed by atoms with Gasteiger partial charge in [-0.3, -0.25) is 4.57 Å². The number of benzene rings is 8. The van der Waals surface area contributed by atoms with Gasteiger partial charge in [-0.05, 0) is 97.2 Å². The van der Waals surface area contributed by atoms with Crippen molar-refractivity contribution in [1.82, 2.24) is 9.55 Å². The lowest BCUT2D eigenvalue weighted by atomic mass is 9.84. The number of fused-ring (bicyclic) bond motifs is 3. The lowest BCUT2D eigenvalue weighted by Gasteiger charge is -2.19. The van der Waals surface area contributed by atoms with E-state index in [4.69, 9.17) is 4.98 Å². The van der Waals surface area contributed by atoms with Crippen LogP contribution in [0, 0.1) is 0 Å². The summed E-state index contributed by atoms with van der Waals surface area (Å²) in [5.74, 6) is 0.940. The zero-order valence-corrected chi connectivity index (χ0v) is 28.1. The minimum atomic E-state index is 0.940. The quantitative estimate of drug-likeness (QED) is 0.159. The molecule has 0 aliphatic carbocycles. The minimum absolute atomic E-state index is 0.940. The molecule has 1 heterocycles. The fraction of sp³-hybridized carbons (Fsp3) is 0.0625. The van der Waals surface area contributed by atoms with E-state index in [1.54, 1.807) is 0 Å². The van der Waals surface area contributed by atoms with Crippen molar-refractivity contribution in [2.24, 2.45) is 0 Å². The predicted octanol–water partition coefficient (Wildman–Crippen LogP) is 13.0. The van der Waals surface area contributed by atoms with Gasteiger partial charge in [0.25, 0.3) is 0 Å². The van der Waals surface area contributed by atoms with Crippen LogP contribution in [0.4, 0.5) is 0 Å². The van der Waals surface area contributed by atoms with Crippen LogP contribution in [-0.2, 0) is 6.42 Å². The first-order valence-corrected chi connectivity index (χ1v) is 17.5. The first-order valence-electron chi connectivity index (χ1n) is 17.5. The third kappa shape index (κ3) is 5.17. The number of imidazole rings is 1. The second kappa shape index (κ2) is 12.7. The summed E-state index contributed by atoms with van der Waals surface area (Å²) in [6.07, 6.45) is 2.19. The predicted molar refractivity (Wildman–Crippen MR) is 212 cm³/mol. The highest BCUT2D eigenvalue weighted by atomic mass is 15.1. The van der Waals surface area contributed by atoms with Gasteiger partial charge in [-0.25, -0.2) is 4.98 Å². The van der Waals surface area contributed by atoms with Crippen LogP contribution in [0.15, 0.2) is 176 Å². The van der Waals surface area contributed by atoms with E-state index in [0.717, 1.165) is 46.5 Å². The van der Waals surface area contributed by atoms with Crippen LogP contribution in [0.25, 0.3) is 83.0 Å². The SMILES string of the molecule is CCCc1ccc2c(-c3ccccc3)c3cc(-c4ccc5c(c4)nc(-c4ccccc4)n5-c4ccccc4)ccc3c(-c3ccccc3)c2c1. The zero-order valence-electron chi connectivity index (χ0n) is 28.1. The summed E-state index contributed by atoms with van der Waals surface area (Å²) in [6.45, 7) is 2.26. The van der Waals surface area contributed by atoms with Gasteiger partial charge in [0.1, 0.15) is 5.82 Å². The van der Waals surface area contributed by atoms with Gasteiger partial charge in [0.15, 0.2) is 0 Å². The zero-order chi connectivity index (χ0) is 33.4. The third-order valence-electron chi connectivity index (χ3n) is 9.88. The molecule has 50 heavy (non-hydrogen) atoms. The number of hydrogen-bond acceptors (Lipinski definition) is 1. The molecule has 2 nitrogen and oxygen atoms in total. The van der Waals surface area contributed by atoms with E-state index < -0.39 is 0 Å². The molecule has 0 radical (unpaired) electrons. The van der Waals surface area contributed by atoms with Gasteiger partial charge in [0.2, 0.25) is 0 Å². The van der Waals surface area contributed by atoms with Crippen LogP contribution in [0.3, 0.4) is 0 Å². The highest BCUT2D eigenvalue weighted by Crippen LogP contribution is 2.45. The van der Waals surface area contributed by atoms with Crippen LogP contribution in [-0.4, -0.2) is 9.55 Å².